The van der Waals surface area contributed by atoms with Crippen molar-refractivity contribution in [3.8, 4) is 0 Å². The third-order valence-electron chi connectivity index (χ3n) is 3.06. The molecule has 17 heavy (non-hydrogen) atoms. The van der Waals surface area contributed by atoms with Crippen molar-refractivity contribution in [1.82, 2.24) is 10.6 Å². The molecule has 0 rings (SSSR count). The number of ether oxygens (including phenoxy) is 1. The van der Waals surface area contributed by atoms with E-state index in [1.165, 1.54) is 0 Å². The normalized spacial score (nSPS) is 13.5. The lowest BCUT2D eigenvalue weighted by Crippen LogP contribution is -2.38. The summed E-state index contributed by atoms with van der Waals surface area (Å²) in [6, 6.07) is 0. The van der Waals surface area contributed by atoms with Crippen LogP contribution < -0.4 is 10.6 Å². The molecule has 4 heteroatoms. The van der Waals surface area contributed by atoms with E-state index < -0.39 is 0 Å². The first-order valence-corrected chi connectivity index (χ1v) is 6.34. The molecule has 0 aromatic carbocycles. The van der Waals surface area contributed by atoms with Gasteiger partial charge < -0.3 is 15.4 Å². The molecule has 0 heterocycles. The Morgan fingerprint density at radius 3 is 2.53 bits per heavy atom. The number of nitrogens with one attached hydrogen (secondary N) is 2. The van der Waals surface area contributed by atoms with Gasteiger partial charge in [-0.2, -0.15) is 0 Å². The first-order valence-electron chi connectivity index (χ1n) is 6.34. The highest BCUT2D eigenvalue weighted by molar-refractivity contribution is 5.77. The molecular weight excluding hydrogens is 216 g/mol. The number of carbonyl (C=O) groups excluding carboxylic acids is 1. The Balaban J connectivity index is 3.51. The summed E-state index contributed by atoms with van der Waals surface area (Å²) in [5.74, 6) is 0.603. The fourth-order valence-corrected chi connectivity index (χ4v) is 1.22. The molecular formula is C13H28N2O2. The van der Waals surface area contributed by atoms with E-state index in [4.69, 9.17) is 4.74 Å². The minimum absolute atomic E-state index is 0.0576. The van der Waals surface area contributed by atoms with Crippen molar-refractivity contribution >= 4 is 5.91 Å². The molecule has 102 valence electrons. The molecule has 0 aliphatic heterocycles. The largest absolute Gasteiger partial charge is 0.385 e. The lowest BCUT2D eigenvalue weighted by molar-refractivity contribution is -0.120. The van der Waals surface area contributed by atoms with Crippen LogP contribution in [0.15, 0.2) is 0 Å². The molecule has 0 aliphatic rings. The van der Waals surface area contributed by atoms with Crippen LogP contribution in [0.4, 0.5) is 0 Å². The zero-order chi connectivity index (χ0) is 13.3. The molecule has 0 fully saturated rings. The molecule has 0 bridgehead atoms. The summed E-state index contributed by atoms with van der Waals surface area (Å²) < 4.78 is 4.91. The summed E-state index contributed by atoms with van der Waals surface area (Å²) in [5.41, 5.74) is 0.280. The second-order valence-corrected chi connectivity index (χ2v) is 5.59. The average Bonchev–Trinajstić information content (AvgIpc) is 2.23. The minimum Gasteiger partial charge on any atom is -0.385 e. The second kappa shape index (κ2) is 8.48. The van der Waals surface area contributed by atoms with Gasteiger partial charge in [0.25, 0.3) is 0 Å². The van der Waals surface area contributed by atoms with Gasteiger partial charge in [0.15, 0.2) is 0 Å². The van der Waals surface area contributed by atoms with E-state index in [1.54, 1.807) is 7.11 Å². The highest BCUT2D eigenvalue weighted by Crippen LogP contribution is 2.24. The van der Waals surface area contributed by atoms with E-state index in [-0.39, 0.29) is 11.3 Å². The molecule has 1 unspecified atom stereocenters. The van der Waals surface area contributed by atoms with Crippen molar-refractivity contribution in [3.63, 3.8) is 0 Å². The van der Waals surface area contributed by atoms with E-state index in [1.807, 2.05) is 0 Å². The highest BCUT2D eigenvalue weighted by Gasteiger charge is 2.19. The zero-order valence-corrected chi connectivity index (χ0v) is 11.9. The summed E-state index contributed by atoms with van der Waals surface area (Å²) in [6.07, 6.45) is 0.862. The van der Waals surface area contributed by atoms with Gasteiger partial charge in [0.2, 0.25) is 5.91 Å². The van der Waals surface area contributed by atoms with Crippen LogP contribution in [0.2, 0.25) is 0 Å². The molecule has 0 saturated heterocycles. The van der Waals surface area contributed by atoms with E-state index in [2.05, 4.69) is 38.3 Å². The molecule has 1 atom stereocenters. The highest BCUT2D eigenvalue weighted by atomic mass is 16.5. The van der Waals surface area contributed by atoms with Gasteiger partial charge in [-0.05, 0) is 24.3 Å². The molecule has 0 saturated carbocycles. The van der Waals surface area contributed by atoms with E-state index in [9.17, 15) is 4.79 Å². The maximum Gasteiger partial charge on any atom is 0.233 e. The Morgan fingerprint density at radius 1 is 1.35 bits per heavy atom. The lowest BCUT2D eigenvalue weighted by atomic mass is 9.82. The number of hydrogen-bond donors (Lipinski definition) is 2. The monoisotopic (exact) mass is 244 g/mol. The molecule has 4 nitrogen and oxygen atoms in total. The van der Waals surface area contributed by atoms with Crippen LogP contribution in [-0.4, -0.2) is 39.3 Å². The van der Waals surface area contributed by atoms with Crippen molar-refractivity contribution < 1.29 is 9.53 Å². The molecule has 0 aromatic heterocycles. The summed E-state index contributed by atoms with van der Waals surface area (Å²) in [6.45, 7) is 11.5. The van der Waals surface area contributed by atoms with Gasteiger partial charge >= 0.3 is 0 Å². The first-order chi connectivity index (χ1) is 7.88. The van der Waals surface area contributed by atoms with Gasteiger partial charge in [-0.1, -0.05) is 27.7 Å². The smallest absolute Gasteiger partial charge is 0.233 e. The number of rotatable bonds is 8. The molecule has 0 aliphatic carbocycles. The Kier molecular flexibility index (Phi) is 8.17. The molecule has 2 N–H and O–H groups in total. The molecule has 1 amide bonds. The lowest BCUT2D eigenvalue weighted by Gasteiger charge is -2.27. The maximum absolute atomic E-state index is 11.4. The van der Waals surface area contributed by atoms with Gasteiger partial charge in [-0.3, -0.25) is 4.79 Å². The van der Waals surface area contributed by atoms with Crippen LogP contribution in [-0.2, 0) is 9.53 Å². The van der Waals surface area contributed by atoms with Gasteiger partial charge in [0, 0.05) is 20.3 Å². The van der Waals surface area contributed by atoms with Crippen molar-refractivity contribution in [2.75, 3.05) is 33.4 Å². The second-order valence-electron chi connectivity index (χ2n) is 5.59. The Hall–Kier alpha value is -0.610. The SMILES string of the molecule is COCCCNC(=O)CNCC(C)C(C)(C)C. The number of amides is 1. The number of hydrogen-bond acceptors (Lipinski definition) is 3. The van der Waals surface area contributed by atoms with Gasteiger partial charge in [-0.25, -0.2) is 0 Å². The van der Waals surface area contributed by atoms with Crippen LogP contribution in [0.1, 0.15) is 34.1 Å². The van der Waals surface area contributed by atoms with Crippen molar-refractivity contribution in [2.24, 2.45) is 11.3 Å². The van der Waals surface area contributed by atoms with Crippen LogP contribution in [0.3, 0.4) is 0 Å². The summed E-state index contributed by atoms with van der Waals surface area (Å²) in [4.78, 5) is 11.4. The van der Waals surface area contributed by atoms with Crippen molar-refractivity contribution in [3.05, 3.63) is 0 Å². The summed E-state index contributed by atoms with van der Waals surface area (Å²) in [7, 11) is 1.66. The topological polar surface area (TPSA) is 50.4 Å². The van der Waals surface area contributed by atoms with E-state index in [0.29, 0.717) is 25.6 Å². The molecule has 0 spiro atoms. The van der Waals surface area contributed by atoms with Gasteiger partial charge in [-0.15, -0.1) is 0 Å². The maximum atomic E-state index is 11.4. The molecule has 0 radical (unpaired) electrons. The quantitative estimate of drug-likeness (QED) is 0.635. The van der Waals surface area contributed by atoms with Gasteiger partial charge in [0.1, 0.15) is 0 Å². The van der Waals surface area contributed by atoms with Crippen molar-refractivity contribution in [1.29, 1.82) is 0 Å². The Morgan fingerprint density at radius 2 is 2.00 bits per heavy atom. The first kappa shape index (κ1) is 16.4. The molecule has 0 aromatic rings. The summed E-state index contributed by atoms with van der Waals surface area (Å²) in [5, 5.41) is 6.04. The third kappa shape index (κ3) is 9.12. The Bertz CT molecular complexity index is 212. The van der Waals surface area contributed by atoms with Crippen LogP contribution >= 0.6 is 0 Å². The zero-order valence-electron chi connectivity index (χ0n) is 11.9. The predicted molar refractivity (Wildman–Crippen MR) is 71.0 cm³/mol. The Labute approximate surface area is 105 Å². The third-order valence-corrected chi connectivity index (χ3v) is 3.06. The number of methoxy groups -OCH3 is 1. The number of carbonyl (C=O) groups is 1. The summed E-state index contributed by atoms with van der Waals surface area (Å²) >= 11 is 0. The van der Waals surface area contributed by atoms with E-state index in [0.717, 1.165) is 13.0 Å². The average molecular weight is 244 g/mol. The van der Waals surface area contributed by atoms with Crippen LogP contribution in [0.25, 0.3) is 0 Å². The van der Waals surface area contributed by atoms with Gasteiger partial charge in [0.05, 0.1) is 6.54 Å². The van der Waals surface area contributed by atoms with E-state index >= 15 is 0 Å². The van der Waals surface area contributed by atoms with Crippen LogP contribution in [0, 0.1) is 11.3 Å². The fourth-order valence-electron chi connectivity index (χ4n) is 1.22. The standard InChI is InChI=1S/C13H28N2O2/c1-11(13(2,3)4)9-14-10-12(16)15-7-6-8-17-5/h11,14H,6-10H2,1-5H3,(H,15,16). The van der Waals surface area contributed by atoms with Crippen molar-refractivity contribution in [2.45, 2.75) is 34.1 Å². The fraction of sp³-hybridized carbons (Fsp3) is 0.923. The predicted octanol–water partition coefficient (Wildman–Crippen LogP) is 1.41. The minimum atomic E-state index is 0.0576. The van der Waals surface area contributed by atoms with Crippen LogP contribution in [0.5, 0.6) is 0 Å².